The van der Waals surface area contributed by atoms with Gasteiger partial charge < -0.3 is 10.0 Å². The van der Waals surface area contributed by atoms with Crippen LogP contribution in [-0.4, -0.2) is 29.0 Å². The molecule has 0 radical (unpaired) electrons. The third-order valence-electron chi connectivity index (χ3n) is 6.47. The minimum atomic E-state index is -1.05. The summed E-state index contributed by atoms with van der Waals surface area (Å²) in [5.41, 5.74) is 2.40. The molecule has 0 spiro atoms. The highest BCUT2D eigenvalue weighted by molar-refractivity contribution is 5.96. The van der Waals surface area contributed by atoms with E-state index in [1.165, 1.54) is 0 Å². The van der Waals surface area contributed by atoms with Crippen molar-refractivity contribution < 1.29 is 9.90 Å². The molecule has 0 aromatic heterocycles. The molecule has 1 N–H and O–H groups in total. The SMILES string of the molecule is C[C@@H]([C@H](O)c1ccccc1)N(C)C(=O)C(c1ccccc1)(c1ccccc1)c1ccccc1. The molecule has 4 rings (SSSR count). The molecule has 0 aliphatic heterocycles. The number of benzene rings is 4. The average Bonchev–Trinajstić information content (AvgIpc) is 2.90. The lowest BCUT2D eigenvalue weighted by atomic mass is 9.68. The number of nitrogens with zero attached hydrogens (tertiary/aromatic N) is 1. The van der Waals surface area contributed by atoms with Crippen LogP contribution in [0.3, 0.4) is 0 Å². The molecular formula is C30H29NO2. The van der Waals surface area contributed by atoms with Crippen LogP contribution in [0.25, 0.3) is 0 Å². The van der Waals surface area contributed by atoms with Gasteiger partial charge in [-0.1, -0.05) is 121 Å². The van der Waals surface area contributed by atoms with Gasteiger partial charge in [-0.05, 0) is 29.2 Å². The molecule has 0 heterocycles. The van der Waals surface area contributed by atoms with Crippen molar-refractivity contribution in [1.82, 2.24) is 4.90 Å². The van der Waals surface area contributed by atoms with Crippen LogP contribution in [0.5, 0.6) is 0 Å². The van der Waals surface area contributed by atoms with Crippen LogP contribution in [0.15, 0.2) is 121 Å². The summed E-state index contributed by atoms with van der Waals surface area (Å²) < 4.78 is 0. The molecule has 4 aromatic rings. The zero-order chi connectivity index (χ0) is 23.3. The molecule has 1 amide bonds. The van der Waals surface area contributed by atoms with Gasteiger partial charge in [-0.2, -0.15) is 0 Å². The Bertz CT molecular complexity index is 1060. The molecule has 3 nitrogen and oxygen atoms in total. The standard InChI is InChI=1S/C30H29NO2/c1-23(28(32)24-15-7-3-8-16-24)31(2)29(33)30(25-17-9-4-10-18-25,26-19-11-5-12-20-26)27-21-13-6-14-22-27/h3-23,28,32H,1-2H3/t23-,28-/m0/s1. The van der Waals surface area contributed by atoms with Crippen molar-refractivity contribution in [3.63, 3.8) is 0 Å². The van der Waals surface area contributed by atoms with Crippen LogP contribution in [0, 0.1) is 0 Å². The number of rotatable bonds is 7. The maximum atomic E-state index is 14.6. The molecule has 0 aliphatic carbocycles. The molecule has 2 atom stereocenters. The summed E-state index contributed by atoms with van der Waals surface area (Å²) in [5.74, 6) is -0.0893. The van der Waals surface area contributed by atoms with Crippen molar-refractivity contribution in [2.45, 2.75) is 24.5 Å². The minimum absolute atomic E-state index is 0.0893. The normalized spacial score (nSPS) is 13.2. The van der Waals surface area contributed by atoms with Gasteiger partial charge in [0.1, 0.15) is 5.41 Å². The summed E-state index contributed by atoms with van der Waals surface area (Å²) in [5, 5.41) is 11.1. The molecule has 0 fully saturated rings. The number of aliphatic hydroxyl groups is 1. The predicted molar refractivity (Wildman–Crippen MR) is 133 cm³/mol. The first kappa shape index (κ1) is 22.5. The summed E-state index contributed by atoms with van der Waals surface area (Å²) in [6, 6.07) is 38.7. The lowest BCUT2D eigenvalue weighted by Crippen LogP contribution is -2.51. The van der Waals surface area contributed by atoms with Gasteiger partial charge in [0.05, 0.1) is 12.1 Å². The lowest BCUT2D eigenvalue weighted by molar-refractivity contribution is -0.137. The van der Waals surface area contributed by atoms with Gasteiger partial charge >= 0.3 is 0 Å². The quantitative estimate of drug-likeness (QED) is 0.384. The van der Waals surface area contributed by atoms with Gasteiger partial charge in [-0.25, -0.2) is 0 Å². The van der Waals surface area contributed by atoms with Crippen molar-refractivity contribution in [3.8, 4) is 0 Å². The highest BCUT2D eigenvalue weighted by Gasteiger charge is 2.46. The van der Waals surface area contributed by atoms with Crippen molar-refractivity contribution in [2.24, 2.45) is 0 Å². The molecule has 4 aromatic carbocycles. The van der Waals surface area contributed by atoms with Gasteiger partial charge in [-0.3, -0.25) is 4.79 Å². The molecule has 33 heavy (non-hydrogen) atoms. The van der Waals surface area contributed by atoms with E-state index in [0.29, 0.717) is 0 Å². The van der Waals surface area contributed by atoms with E-state index in [4.69, 9.17) is 0 Å². The van der Waals surface area contributed by atoms with E-state index in [-0.39, 0.29) is 5.91 Å². The molecule has 166 valence electrons. The lowest BCUT2D eigenvalue weighted by Gasteiger charge is -2.40. The third-order valence-corrected chi connectivity index (χ3v) is 6.47. The smallest absolute Gasteiger partial charge is 0.242 e. The topological polar surface area (TPSA) is 40.5 Å². The first-order valence-corrected chi connectivity index (χ1v) is 11.2. The summed E-state index contributed by atoms with van der Waals surface area (Å²) in [7, 11) is 1.78. The fraction of sp³-hybridized carbons (Fsp3) is 0.167. The number of amides is 1. The van der Waals surface area contributed by atoms with E-state index in [9.17, 15) is 9.90 Å². The molecule has 0 saturated heterocycles. The second-order valence-corrected chi connectivity index (χ2v) is 8.36. The fourth-order valence-corrected chi connectivity index (χ4v) is 4.52. The second kappa shape index (κ2) is 9.85. The first-order valence-electron chi connectivity index (χ1n) is 11.2. The van der Waals surface area contributed by atoms with Crippen LogP contribution in [0.4, 0.5) is 0 Å². The summed E-state index contributed by atoms with van der Waals surface area (Å²) >= 11 is 0. The highest BCUT2D eigenvalue weighted by Crippen LogP contribution is 2.41. The van der Waals surface area contributed by atoms with Crippen LogP contribution in [0.1, 0.15) is 35.3 Å². The van der Waals surface area contributed by atoms with E-state index in [1.807, 2.05) is 128 Å². The van der Waals surface area contributed by atoms with E-state index in [0.717, 1.165) is 22.3 Å². The molecular weight excluding hydrogens is 406 g/mol. The third kappa shape index (κ3) is 4.20. The maximum Gasteiger partial charge on any atom is 0.242 e. The van der Waals surface area contributed by atoms with Crippen LogP contribution < -0.4 is 0 Å². The molecule has 0 aliphatic rings. The monoisotopic (exact) mass is 435 g/mol. The summed E-state index contributed by atoms with van der Waals surface area (Å²) in [6.45, 7) is 1.89. The van der Waals surface area contributed by atoms with Crippen LogP contribution in [0.2, 0.25) is 0 Å². The first-order chi connectivity index (χ1) is 16.1. The number of aliphatic hydroxyl groups excluding tert-OH is 1. The van der Waals surface area contributed by atoms with E-state index in [2.05, 4.69) is 0 Å². The predicted octanol–water partition coefficient (Wildman–Crippen LogP) is 5.60. The van der Waals surface area contributed by atoms with Crippen molar-refractivity contribution in [1.29, 1.82) is 0 Å². The number of carbonyl (C=O) groups is 1. The van der Waals surface area contributed by atoms with Gasteiger partial charge in [0.25, 0.3) is 0 Å². The Labute approximate surface area is 196 Å². The minimum Gasteiger partial charge on any atom is -0.386 e. The number of hydrogen-bond donors (Lipinski definition) is 1. The van der Waals surface area contributed by atoms with Crippen molar-refractivity contribution >= 4 is 5.91 Å². The highest BCUT2D eigenvalue weighted by atomic mass is 16.3. The Morgan fingerprint density at radius 1 is 0.667 bits per heavy atom. The van der Waals surface area contributed by atoms with Gasteiger partial charge in [0.15, 0.2) is 0 Å². The Balaban J connectivity index is 1.88. The van der Waals surface area contributed by atoms with Crippen molar-refractivity contribution in [2.75, 3.05) is 7.05 Å². The maximum absolute atomic E-state index is 14.6. The molecule has 0 saturated carbocycles. The van der Waals surface area contributed by atoms with Crippen LogP contribution >= 0.6 is 0 Å². The molecule has 3 heteroatoms. The molecule has 0 bridgehead atoms. The summed E-state index contributed by atoms with van der Waals surface area (Å²) in [4.78, 5) is 16.2. The van der Waals surface area contributed by atoms with E-state index in [1.54, 1.807) is 11.9 Å². The van der Waals surface area contributed by atoms with Crippen molar-refractivity contribution in [3.05, 3.63) is 144 Å². The fourth-order valence-electron chi connectivity index (χ4n) is 4.52. The van der Waals surface area contributed by atoms with Gasteiger partial charge in [0.2, 0.25) is 5.91 Å². The Morgan fingerprint density at radius 2 is 1.00 bits per heavy atom. The zero-order valence-electron chi connectivity index (χ0n) is 19.0. The zero-order valence-corrected chi connectivity index (χ0v) is 19.0. The largest absolute Gasteiger partial charge is 0.386 e. The Kier molecular flexibility index (Phi) is 6.71. The number of hydrogen-bond acceptors (Lipinski definition) is 2. The average molecular weight is 436 g/mol. The van der Waals surface area contributed by atoms with Gasteiger partial charge in [-0.15, -0.1) is 0 Å². The van der Waals surface area contributed by atoms with E-state index < -0.39 is 17.6 Å². The van der Waals surface area contributed by atoms with Gasteiger partial charge in [0, 0.05) is 7.05 Å². The number of carbonyl (C=O) groups excluding carboxylic acids is 1. The van der Waals surface area contributed by atoms with Crippen LogP contribution in [-0.2, 0) is 10.2 Å². The Hall–Kier alpha value is -3.69. The number of likely N-dealkylation sites (N-methyl/N-ethyl adjacent to an activating group) is 1. The van der Waals surface area contributed by atoms with E-state index >= 15 is 0 Å². The molecule has 0 unspecified atom stereocenters. The Morgan fingerprint density at radius 3 is 1.36 bits per heavy atom. The second-order valence-electron chi connectivity index (χ2n) is 8.36. The summed E-state index contributed by atoms with van der Waals surface area (Å²) in [6.07, 6.45) is -0.805.